The maximum absolute atomic E-state index is 13.7. The van der Waals surface area contributed by atoms with E-state index >= 15 is 0 Å². The van der Waals surface area contributed by atoms with Crippen LogP contribution in [0.3, 0.4) is 0 Å². The molecule has 0 unspecified atom stereocenters. The number of carbonyl (C=O) groups excluding carboxylic acids is 2. The third-order valence-electron chi connectivity index (χ3n) is 10.1. The van der Waals surface area contributed by atoms with Gasteiger partial charge in [-0.25, -0.2) is 9.59 Å². The SMILES string of the molecule is C=C[C@H]1[C@H](O[C@@H]2O[C@H](CO)[C@@H](O)[C@H](O)[C@H]2O)OC=C(C(=O)OC)[C@H]1CCOC(=O)C1=CO[C@@H](O[C@@H]2O[C@H](CO)[C@@H](O)[C@H](O)[C@H]2O)[C@H](C=C)[C@@H]1CC(OC)OC. The van der Waals surface area contributed by atoms with Gasteiger partial charge in [0.1, 0.15) is 48.8 Å². The number of aliphatic hydroxyl groups excluding tert-OH is 8. The summed E-state index contributed by atoms with van der Waals surface area (Å²) in [6.07, 6.45) is -14.1. The topological polar surface area (TPSA) is 288 Å². The molecule has 20 heteroatoms. The molecule has 0 aromatic heterocycles. The van der Waals surface area contributed by atoms with E-state index in [2.05, 4.69) is 13.2 Å². The van der Waals surface area contributed by atoms with Crippen molar-refractivity contribution in [1.29, 1.82) is 0 Å². The van der Waals surface area contributed by atoms with Gasteiger partial charge in [-0.2, -0.15) is 0 Å². The summed E-state index contributed by atoms with van der Waals surface area (Å²) in [5, 5.41) is 81.0. The summed E-state index contributed by atoms with van der Waals surface area (Å²) >= 11 is 0. The summed E-state index contributed by atoms with van der Waals surface area (Å²) in [4.78, 5) is 26.5. The number of esters is 2. The summed E-state index contributed by atoms with van der Waals surface area (Å²) in [6, 6.07) is 0. The first-order valence-electron chi connectivity index (χ1n) is 17.5. The molecule has 16 atom stereocenters. The van der Waals surface area contributed by atoms with Gasteiger partial charge >= 0.3 is 11.9 Å². The highest BCUT2D eigenvalue weighted by atomic mass is 16.8. The van der Waals surface area contributed by atoms with Crippen molar-refractivity contribution in [1.82, 2.24) is 0 Å². The summed E-state index contributed by atoms with van der Waals surface area (Å²) in [5.74, 6) is -4.91. The molecule has 8 N–H and O–H groups in total. The van der Waals surface area contributed by atoms with E-state index < -0.39 is 129 Å². The number of aliphatic hydroxyl groups is 8. The van der Waals surface area contributed by atoms with Crippen molar-refractivity contribution in [2.24, 2.45) is 23.7 Å². The number of hydrogen-bond donors (Lipinski definition) is 8. The Morgan fingerprint density at radius 1 is 0.691 bits per heavy atom. The minimum atomic E-state index is -1.74. The normalized spacial score (nSPS) is 39.2. The summed E-state index contributed by atoms with van der Waals surface area (Å²) in [6.45, 7) is 6.00. The zero-order valence-electron chi connectivity index (χ0n) is 30.6. The molecule has 312 valence electrons. The highest BCUT2D eigenvalue weighted by molar-refractivity contribution is 5.89. The largest absolute Gasteiger partial charge is 0.471 e. The van der Waals surface area contributed by atoms with Gasteiger partial charge in [0.15, 0.2) is 18.9 Å². The number of methoxy groups -OCH3 is 3. The zero-order chi connectivity index (χ0) is 40.6. The van der Waals surface area contributed by atoms with E-state index in [1.807, 2.05) is 0 Å². The molecule has 0 amide bonds. The molecule has 0 aliphatic carbocycles. The third kappa shape index (κ3) is 9.91. The van der Waals surface area contributed by atoms with Crippen LogP contribution in [0.15, 0.2) is 49.0 Å². The van der Waals surface area contributed by atoms with Crippen molar-refractivity contribution in [2.75, 3.05) is 41.2 Å². The van der Waals surface area contributed by atoms with Crippen LogP contribution in [0.25, 0.3) is 0 Å². The number of carbonyl (C=O) groups is 2. The molecule has 0 aromatic carbocycles. The van der Waals surface area contributed by atoms with E-state index in [4.69, 9.17) is 47.4 Å². The highest BCUT2D eigenvalue weighted by Gasteiger charge is 2.49. The minimum Gasteiger partial charge on any atom is -0.471 e. The van der Waals surface area contributed by atoms with Gasteiger partial charge in [0, 0.05) is 44.3 Å². The molecule has 0 bridgehead atoms. The predicted molar refractivity (Wildman–Crippen MR) is 180 cm³/mol. The van der Waals surface area contributed by atoms with Crippen molar-refractivity contribution >= 4 is 11.9 Å². The lowest BCUT2D eigenvalue weighted by Crippen LogP contribution is -2.60. The van der Waals surface area contributed by atoms with Gasteiger partial charge in [0.25, 0.3) is 0 Å². The molecule has 55 heavy (non-hydrogen) atoms. The monoisotopic (exact) mass is 792 g/mol. The molecular formula is C35H52O20. The van der Waals surface area contributed by atoms with Crippen LogP contribution in [-0.2, 0) is 57.0 Å². The van der Waals surface area contributed by atoms with Gasteiger partial charge < -0.3 is 88.2 Å². The van der Waals surface area contributed by atoms with Crippen molar-refractivity contribution in [3.05, 3.63) is 49.0 Å². The summed E-state index contributed by atoms with van der Waals surface area (Å²) < 4.78 is 55.4. The van der Waals surface area contributed by atoms with Crippen LogP contribution in [-0.4, -0.2) is 174 Å². The van der Waals surface area contributed by atoms with Crippen LogP contribution < -0.4 is 0 Å². The van der Waals surface area contributed by atoms with Crippen molar-refractivity contribution < 1.29 is 97.8 Å². The fourth-order valence-electron chi connectivity index (χ4n) is 6.86. The molecule has 0 saturated carbocycles. The molecule has 4 aliphatic rings. The predicted octanol–water partition coefficient (Wildman–Crippen LogP) is -2.95. The quantitative estimate of drug-likeness (QED) is 0.0415. The van der Waals surface area contributed by atoms with Gasteiger partial charge in [-0.05, 0) is 6.42 Å². The Labute approximate surface area is 316 Å². The van der Waals surface area contributed by atoms with E-state index in [0.29, 0.717) is 0 Å². The molecular weight excluding hydrogens is 740 g/mol. The first kappa shape index (κ1) is 44.7. The van der Waals surface area contributed by atoms with Crippen LogP contribution in [0, 0.1) is 23.7 Å². The Balaban J connectivity index is 1.51. The maximum atomic E-state index is 13.7. The standard InChI is InChI=1S/C35H52O20/c1-6-15-17(19(30(44)48-5)13-50-32(15)54-34-28(42)26(40)24(38)21(11-36)52-34)8-9-49-31(45)20-14-51-33(16(7-2)18(20)10-23(46-3)47-4)55-35-29(43)27(41)25(39)22(12-37)53-35/h6-7,13-18,21-29,32-43H,1-2,8-12H2,3-5H3/t15-,16-,17+,18+,21-,22-,24-,25-,26+,27+,28-,29-,32+,33+,34+,35+/m1/s1. The van der Waals surface area contributed by atoms with E-state index in [1.54, 1.807) is 0 Å². The number of hydrogen-bond acceptors (Lipinski definition) is 20. The van der Waals surface area contributed by atoms with Crippen molar-refractivity contribution in [2.45, 2.75) is 93.1 Å². The molecule has 2 fully saturated rings. The minimum absolute atomic E-state index is 0.0115. The van der Waals surface area contributed by atoms with Gasteiger partial charge in [-0.3, -0.25) is 0 Å². The second kappa shape index (κ2) is 20.4. The third-order valence-corrected chi connectivity index (χ3v) is 10.1. The zero-order valence-corrected chi connectivity index (χ0v) is 30.6. The lowest BCUT2D eigenvalue weighted by molar-refractivity contribution is -0.339. The van der Waals surface area contributed by atoms with E-state index in [-0.39, 0.29) is 30.6 Å². The molecule has 0 radical (unpaired) electrons. The Kier molecular flexibility index (Phi) is 16.6. The fourth-order valence-corrected chi connectivity index (χ4v) is 6.86. The van der Waals surface area contributed by atoms with Crippen LogP contribution in [0.2, 0.25) is 0 Å². The molecule has 4 rings (SSSR count). The van der Waals surface area contributed by atoms with E-state index in [0.717, 1.165) is 19.6 Å². The number of ether oxygens (including phenoxy) is 10. The van der Waals surface area contributed by atoms with Crippen molar-refractivity contribution in [3.63, 3.8) is 0 Å². The highest BCUT2D eigenvalue weighted by Crippen LogP contribution is 2.40. The lowest BCUT2D eigenvalue weighted by Gasteiger charge is -2.43. The van der Waals surface area contributed by atoms with Crippen LogP contribution in [0.5, 0.6) is 0 Å². The molecule has 0 aromatic rings. The van der Waals surface area contributed by atoms with Crippen LogP contribution in [0.1, 0.15) is 12.8 Å². The smallest absolute Gasteiger partial charge is 0.337 e. The lowest BCUT2D eigenvalue weighted by atomic mass is 9.81. The Hall–Kier alpha value is -3.06. The Morgan fingerprint density at radius 3 is 1.56 bits per heavy atom. The Bertz CT molecular complexity index is 1350. The van der Waals surface area contributed by atoms with Gasteiger partial charge in [-0.1, -0.05) is 12.2 Å². The average Bonchev–Trinajstić information content (AvgIpc) is 3.19. The van der Waals surface area contributed by atoms with Crippen LogP contribution >= 0.6 is 0 Å². The summed E-state index contributed by atoms with van der Waals surface area (Å²) in [5.41, 5.74) is 0.0515. The van der Waals surface area contributed by atoms with Gasteiger partial charge in [0.2, 0.25) is 12.6 Å². The second-order valence-electron chi connectivity index (χ2n) is 13.2. The summed E-state index contributed by atoms with van der Waals surface area (Å²) in [7, 11) is 3.95. The first-order valence-corrected chi connectivity index (χ1v) is 17.5. The van der Waals surface area contributed by atoms with Crippen molar-refractivity contribution in [3.8, 4) is 0 Å². The van der Waals surface area contributed by atoms with Gasteiger partial charge in [-0.15, -0.1) is 13.2 Å². The number of rotatable bonds is 17. The first-order chi connectivity index (χ1) is 26.3. The molecule has 4 aliphatic heterocycles. The maximum Gasteiger partial charge on any atom is 0.337 e. The molecule has 2 saturated heterocycles. The van der Waals surface area contributed by atoms with E-state index in [9.17, 15) is 50.4 Å². The van der Waals surface area contributed by atoms with Gasteiger partial charge in [0.05, 0.1) is 50.6 Å². The average molecular weight is 793 g/mol. The molecule has 20 nitrogen and oxygen atoms in total. The molecule has 4 heterocycles. The Morgan fingerprint density at radius 2 is 1.15 bits per heavy atom. The van der Waals surface area contributed by atoms with Crippen LogP contribution in [0.4, 0.5) is 0 Å². The van der Waals surface area contributed by atoms with E-state index in [1.165, 1.54) is 26.4 Å². The fraction of sp³-hybridized carbons (Fsp3) is 0.714. The second-order valence-corrected chi connectivity index (χ2v) is 13.2. The molecule has 0 spiro atoms.